The fourth-order valence-corrected chi connectivity index (χ4v) is 2.66. The van der Waals surface area contributed by atoms with Crippen LogP contribution in [0.5, 0.6) is 0 Å². The van der Waals surface area contributed by atoms with Crippen LogP contribution < -0.4 is 10.2 Å². The fraction of sp³-hybridized carbons (Fsp3) is 0.357. The molecule has 0 aliphatic carbocycles. The smallest absolute Gasteiger partial charge is 0.185 e. The quantitative estimate of drug-likeness (QED) is 0.896. The van der Waals surface area contributed by atoms with Gasteiger partial charge in [0.25, 0.3) is 0 Å². The molecule has 0 aliphatic heterocycles. The van der Waals surface area contributed by atoms with E-state index in [4.69, 9.17) is 0 Å². The summed E-state index contributed by atoms with van der Waals surface area (Å²) in [5.41, 5.74) is 1.30. The summed E-state index contributed by atoms with van der Waals surface area (Å²) in [5.74, 6) is 0. The Labute approximate surface area is 112 Å². The van der Waals surface area contributed by atoms with Gasteiger partial charge in [0.1, 0.15) is 0 Å². The van der Waals surface area contributed by atoms with Crippen molar-refractivity contribution >= 4 is 16.5 Å². The highest BCUT2D eigenvalue weighted by Crippen LogP contribution is 2.26. The zero-order chi connectivity index (χ0) is 13.0. The molecule has 0 spiro atoms. The van der Waals surface area contributed by atoms with Crippen molar-refractivity contribution in [2.24, 2.45) is 0 Å². The molecule has 1 N–H and O–H groups in total. The first kappa shape index (κ1) is 13.1. The van der Waals surface area contributed by atoms with Gasteiger partial charge in [0.15, 0.2) is 5.13 Å². The molecule has 96 valence electrons. The third-order valence-electron chi connectivity index (χ3n) is 2.96. The topological polar surface area (TPSA) is 28.2 Å². The number of anilines is 1. The van der Waals surface area contributed by atoms with Crippen molar-refractivity contribution in [1.82, 2.24) is 10.3 Å². The van der Waals surface area contributed by atoms with Gasteiger partial charge in [-0.05, 0) is 19.5 Å². The lowest BCUT2D eigenvalue weighted by molar-refractivity contribution is 0.662. The van der Waals surface area contributed by atoms with Crippen molar-refractivity contribution in [3.05, 3.63) is 47.0 Å². The Morgan fingerprint density at radius 3 is 2.72 bits per heavy atom. The van der Waals surface area contributed by atoms with Crippen LogP contribution in [-0.4, -0.2) is 19.1 Å². The summed E-state index contributed by atoms with van der Waals surface area (Å²) in [6.07, 6.45) is 1.96. The number of nitrogens with one attached hydrogen (secondary N) is 1. The van der Waals surface area contributed by atoms with Crippen LogP contribution in [0.2, 0.25) is 0 Å². The van der Waals surface area contributed by atoms with Gasteiger partial charge in [-0.2, -0.15) is 0 Å². The Balaban J connectivity index is 2.05. The summed E-state index contributed by atoms with van der Waals surface area (Å²) in [6.45, 7) is 3.04. The summed E-state index contributed by atoms with van der Waals surface area (Å²) in [7, 11) is 4.05. The number of hydrogen-bond donors (Lipinski definition) is 1. The number of nitrogens with zero attached hydrogens (tertiary/aromatic N) is 2. The molecule has 1 unspecified atom stereocenters. The highest BCUT2D eigenvalue weighted by Gasteiger charge is 2.11. The summed E-state index contributed by atoms with van der Waals surface area (Å²) in [4.78, 5) is 7.94. The maximum atomic E-state index is 4.49. The summed E-state index contributed by atoms with van der Waals surface area (Å²) < 4.78 is 0. The predicted molar refractivity (Wildman–Crippen MR) is 78.1 cm³/mol. The molecule has 0 amide bonds. The number of aromatic nitrogens is 1. The van der Waals surface area contributed by atoms with Crippen LogP contribution in [-0.2, 0) is 6.54 Å². The second-order valence-corrected chi connectivity index (χ2v) is 5.44. The van der Waals surface area contributed by atoms with Crippen molar-refractivity contribution in [1.29, 1.82) is 0 Å². The fourth-order valence-electron chi connectivity index (χ4n) is 1.72. The SMILES string of the molecule is CNC(C)c1cnc(N(C)Cc2ccccc2)s1. The monoisotopic (exact) mass is 261 g/mol. The lowest BCUT2D eigenvalue weighted by Crippen LogP contribution is -2.15. The van der Waals surface area contributed by atoms with Crippen LogP contribution in [0.25, 0.3) is 0 Å². The Morgan fingerprint density at radius 1 is 1.33 bits per heavy atom. The van der Waals surface area contributed by atoms with E-state index in [-0.39, 0.29) is 0 Å². The molecule has 3 nitrogen and oxygen atoms in total. The second kappa shape index (κ2) is 5.98. The van der Waals surface area contributed by atoms with Gasteiger partial charge >= 0.3 is 0 Å². The summed E-state index contributed by atoms with van der Waals surface area (Å²) >= 11 is 1.75. The molecule has 1 heterocycles. The maximum Gasteiger partial charge on any atom is 0.185 e. The minimum absolute atomic E-state index is 0.362. The average Bonchev–Trinajstić information content (AvgIpc) is 2.88. The number of benzene rings is 1. The van der Waals surface area contributed by atoms with E-state index < -0.39 is 0 Å². The lowest BCUT2D eigenvalue weighted by Gasteiger charge is -2.15. The first-order chi connectivity index (χ1) is 8.70. The average molecular weight is 261 g/mol. The van der Waals surface area contributed by atoms with Gasteiger partial charge in [-0.1, -0.05) is 30.3 Å². The van der Waals surface area contributed by atoms with Gasteiger partial charge in [0.2, 0.25) is 0 Å². The van der Waals surface area contributed by atoms with Crippen LogP contribution in [0.4, 0.5) is 5.13 Å². The highest BCUT2D eigenvalue weighted by atomic mass is 32.1. The highest BCUT2D eigenvalue weighted by molar-refractivity contribution is 7.15. The number of hydrogen-bond acceptors (Lipinski definition) is 4. The third kappa shape index (κ3) is 3.09. The largest absolute Gasteiger partial charge is 0.347 e. The zero-order valence-corrected chi connectivity index (χ0v) is 11.9. The van der Waals surface area contributed by atoms with Gasteiger partial charge in [-0.3, -0.25) is 0 Å². The van der Waals surface area contributed by atoms with E-state index in [1.54, 1.807) is 11.3 Å². The van der Waals surface area contributed by atoms with Crippen molar-refractivity contribution in [2.45, 2.75) is 19.5 Å². The Morgan fingerprint density at radius 2 is 2.06 bits per heavy atom. The van der Waals surface area contributed by atoms with E-state index in [2.05, 4.69) is 53.4 Å². The van der Waals surface area contributed by atoms with Crippen LogP contribution in [0, 0.1) is 0 Å². The van der Waals surface area contributed by atoms with Crippen molar-refractivity contribution in [3.8, 4) is 0 Å². The van der Waals surface area contributed by atoms with Gasteiger partial charge in [0, 0.05) is 30.7 Å². The first-order valence-corrected chi connectivity index (χ1v) is 6.90. The molecular formula is C14H19N3S. The van der Waals surface area contributed by atoms with E-state index in [0.29, 0.717) is 6.04 Å². The van der Waals surface area contributed by atoms with Gasteiger partial charge < -0.3 is 10.2 Å². The van der Waals surface area contributed by atoms with E-state index in [1.807, 2.05) is 19.3 Å². The lowest BCUT2D eigenvalue weighted by atomic mass is 10.2. The molecule has 1 aromatic carbocycles. The van der Waals surface area contributed by atoms with Crippen molar-refractivity contribution < 1.29 is 0 Å². The molecule has 1 aromatic heterocycles. The maximum absolute atomic E-state index is 4.49. The van der Waals surface area contributed by atoms with E-state index in [0.717, 1.165) is 11.7 Å². The first-order valence-electron chi connectivity index (χ1n) is 6.08. The Kier molecular flexibility index (Phi) is 4.33. The molecule has 2 aromatic rings. The van der Waals surface area contributed by atoms with Crippen LogP contribution >= 0.6 is 11.3 Å². The molecule has 2 rings (SSSR count). The zero-order valence-electron chi connectivity index (χ0n) is 11.1. The Hall–Kier alpha value is -1.39. The van der Waals surface area contributed by atoms with Gasteiger partial charge in [0.05, 0.1) is 0 Å². The standard InChI is InChI=1S/C14H19N3S/c1-11(15-2)13-9-16-14(18-13)17(3)10-12-7-5-4-6-8-12/h4-9,11,15H,10H2,1-3H3. The molecule has 0 bridgehead atoms. The summed E-state index contributed by atoms with van der Waals surface area (Å²) in [5, 5.41) is 4.30. The number of thiazole rings is 1. The van der Waals surface area contributed by atoms with E-state index in [1.165, 1.54) is 10.4 Å². The second-order valence-electron chi connectivity index (χ2n) is 4.40. The van der Waals surface area contributed by atoms with Crippen molar-refractivity contribution in [3.63, 3.8) is 0 Å². The minimum Gasteiger partial charge on any atom is -0.347 e. The van der Waals surface area contributed by atoms with Gasteiger partial charge in [-0.25, -0.2) is 4.98 Å². The molecule has 18 heavy (non-hydrogen) atoms. The van der Waals surface area contributed by atoms with Crippen LogP contribution in [0.1, 0.15) is 23.4 Å². The Bertz CT molecular complexity index is 481. The molecule has 4 heteroatoms. The van der Waals surface area contributed by atoms with Crippen molar-refractivity contribution in [2.75, 3.05) is 19.0 Å². The van der Waals surface area contributed by atoms with Crippen LogP contribution in [0.3, 0.4) is 0 Å². The predicted octanol–water partition coefficient (Wildman–Crippen LogP) is 3.06. The molecule has 0 radical (unpaired) electrons. The molecule has 0 saturated heterocycles. The summed E-state index contributed by atoms with van der Waals surface area (Å²) in [6, 6.07) is 10.8. The molecular weight excluding hydrogens is 242 g/mol. The van der Waals surface area contributed by atoms with Crippen LogP contribution in [0.15, 0.2) is 36.5 Å². The molecule has 1 atom stereocenters. The van der Waals surface area contributed by atoms with Gasteiger partial charge in [-0.15, -0.1) is 11.3 Å². The number of rotatable bonds is 5. The molecule has 0 aliphatic rings. The molecule has 0 fully saturated rings. The normalized spacial score (nSPS) is 12.4. The minimum atomic E-state index is 0.362. The van der Waals surface area contributed by atoms with E-state index >= 15 is 0 Å². The van der Waals surface area contributed by atoms with E-state index in [9.17, 15) is 0 Å². The molecule has 0 saturated carbocycles. The third-order valence-corrected chi connectivity index (χ3v) is 4.25.